The molecule has 1 amide bonds. The molecule has 0 unspecified atom stereocenters. The van der Waals surface area contributed by atoms with Gasteiger partial charge in [-0.2, -0.15) is 0 Å². The first-order chi connectivity index (χ1) is 9.97. The molecule has 108 valence electrons. The summed E-state index contributed by atoms with van der Waals surface area (Å²) in [6.45, 7) is -1.31. The smallest absolute Gasteiger partial charge is 0.323 e. The SMILES string of the molecule is O=C(O)CN(CC(=O)O)C(=O)c1ccc2ccccc2c1. The van der Waals surface area contributed by atoms with E-state index in [1.165, 1.54) is 0 Å². The van der Waals surface area contributed by atoms with E-state index in [0.717, 1.165) is 15.7 Å². The van der Waals surface area contributed by atoms with Crippen LogP contribution in [0.1, 0.15) is 10.4 Å². The summed E-state index contributed by atoms with van der Waals surface area (Å²) in [5.74, 6) is -3.14. The fourth-order valence-electron chi connectivity index (χ4n) is 2.03. The zero-order valence-corrected chi connectivity index (χ0v) is 11.0. The molecule has 2 aromatic carbocycles. The van der Waals surface area contributed by atoms with Gasteiger partial charge in [0.1, 0.15) is 13.1 Å². The number of benzene rings is 2. The molecular formula is C15H13NO5. The molecule has 2 N–H and O–H groups in total. The molecule has 0 aliphatic carbocycles. The Kier molecular flexibility index (Phi) is 4.18. The van der Waals surface area contributed by atoms with Crippen LogP contribution in [0.3, 0.4) is 0 Å². The maximum Gasteiger partial charge on any atom is 0.323 e. The number of nitrogens with zero attached hydrogens (tertiary/aromatic N) is 1. The Morgan fingerprint density at radius 2 is 1.43 bits per heavy atom. The quantitative estimate of drug-likeness (QED) is 0.868. The van der Waals surface area contributed by atoms with Crippen molar-refractivity contribution in [3.05, 3.63) is 48.0 Å². The number of fused-ring (bicyclic) bond motifs is 1. The van der Waals surface area contributed by atoms with E-state index in [1.807, 2.05) is 24.3 Å². The molecule has 2 aromatic rings. The molecule has 0 saturated heterocycles. The normalized spacial score (nSPS) is 10.3. The van der Waals surface area contributed by atoms with Crippen molar-refractivity contribution in [1.29, 1.82) is 0 Å². The molecule has 0 atom stereocenters. The van der Waals surface area contributed by atoms with E-state index in [2.05, 4.69) is 0 Å². The van der Waals surface area contributed by atoms with Crippen LogP contribution < -0.4 is 0 Å². The van der Waals surface area contributed by atoms with Gasteiger partial charge in [-0.25, -0.2) is 0 Å². The maximum absolute atomic E-state index is 12.3. The molecule has 0 saturated carbocycles. The van der Waals surface area contributed by atoms with E-state index in [0.29, 0.717) is 0 Å². The number of carbonyl (C=O) groups excluding carboxylic acids is 1. The number of aliphatic carboxylic acids is 2. The van der Waals surface area contributed by atoms with Gasteiger partial charge in [-0.3, -0.25) is 14.4 Å². The lowest BCUT2D eigenvalue weighted by atomic mass is 10.1. The fourth-order valence-corrected chi connectivity index (χ4v) is 2.03. The minimum absolute atomic E-state index is 0.260. The van der Waals surface area contributed by atoms with Gasteiger partial charge in [-0.1, -0.05) is 30.3 Å². The van der Waals surface area contributed by atoms with Crippen molar-refractivity contribution in [2.75, 3.05) is 13.1 Å². The van der Waals surface area contributed by atoms with Crippen LogP contribution in [0.25, 0.3) is 10.8 Å². The van der Waals surface area contributed by atoms with E-state index in [9.17, 15) is 14.4 Å². The third-order valence-electron chi connectivity index (χ3n) is 2.94. The number of hydrogen-bond acceptors (Lipinski definition) is 3. The second-order valence-corrected chi connectivity index (χ2v) is 4.51. The highest BCUT2D eigenvalue weighted by Gasteiger charge is 2.21. The lowest BCUT2D eigenvalue weighted by molar-refractivity contribution is -0.140. The Labute approximate surface area is 120 Å². The maximum atomic E-state index is 12.3. The Bertz CT molecular complexity index is 694. The summed E-state index contributed by atoms with van der Waals surface area (Å²) in [6.07, 6.45) is 0. The van der Waals surface area contributed by atoms with Crippen molar-refractivity contribution in [2.45, 2.75) is 0 Å². The standard InChI is InChI=1S/C15H13NO5/c17-13(18)8-16(9-14(19)20)15(21)12-6-5-10-3-1-2-4-11(10)7-12/h1-7H,8-9H2,(H,17,18)(H,19,20). The largest absolute Gasteiger partial charge is 0.480 e. The molecular weight excluding hydrogens is 274 g/mol. The van der Waals surface area contributed by atoms with Crippen LogP contribution in [0.4, 0.5) is 0 Å². The number of hydrogen-bond donors (Lipinski definition) is 2. The molecule has 21 heavy (non-hydrogen) atoms. The van der Waals surface area contributed by atoms with Crippen LogP contribution in [0.2, 0.25) is 0 Å². The summed E-state index contributed by atoms with van der Waals surface area (Å²) in [5, 5.41) is 19.3. The summed E-state index contributed by atoms with van der Waals surface area (Å²) >= 11 is 0. The molecule has 0 bridgehead atoms. The summed E-state index contributed by atoms with van der Waals surface area (Å²) < 4.78 is 0. The highest BCUT2D eigenvalue weighted by atomic mass is 16.4. The van der Waals surface area contributed by atoms with E-state index in [-0.39, 0.29) is 5.56 Å². The lowest BCUT2D eigenvalue weighted by Gasteiger charge is -2.18. The molecule has 0 fully saturated rings. The first-order valence-electron chi connectivity index (χ1n) is 6.19. The van der Waals surface area contributed by atoms with E-state index >= 15 is 0 Å². The predicted octanol–water partition coefficient (Wildman–Crippen LogP) is 1.45. The van der Waals surface area contributed by atoms with Crippen LogP contribution in [-0.2, 0) is 9.59 Å². The summed E-state index contributed by atoms with van der Waals surface area (Å²) in [7, 11) is 0. The number of carboxylic acids is 2. The average molecular weight is 287 g/mol. The van der Waals surface area contributed by atoms with Gasteiger partial charge < -0.3 is 15.1 Å². The Hall–Kier alpha value is -2.89. The minimum Gasteiger partial charge on any atom is -0.480 e. The van der Waals surface area contributed by atoms with E-state index < -0.39 is 30.9 Å². The van der Waals surface area contributed by atoms with Crippen LogP contribution in [0.15, 0.2) is 42.5 Å². The van der Waals surface area contributed by atoms with Crippen LogP contribution >= 0.6 is 0 Å². The molecule has 0 spiro atoms. The van der Waals surface area contributed by atoms with Crippen LogP contribution in [0, 0.1) is 0 Å². The zero-order valence-electron chi connectivity index (χ0n) is 11.0. The highest BCUT2D eigenvalue weighted by molar-refractivity contribution is 6.00. The van der Waals surface area contributed by atoms with Gasteiger partial charge in [-0.05, 0) is 22.9 Å². The van der Waals surface area contributed by atoms with Crippen molar-refractivity contribution < 1.29 is 24.6 Å². The zero-order chi connectivity index (χ0) is 15.4. The number of carbonyl (C=O) groups is 3. The van der Waals surface area contributed by atoms with E-state index in [1.54, 1.807) is 18.2 Å². The van der Waals surface area contributed by atoms with Gasteiger partial charge in [0.2, 0.25) is 0 Å². The van der Waals surface area contributed by atoms with Gasteiger partial charge in [0.15, 0.2) is 0 Å². The second-order valence-electron chi connectivity index (χ2n) is 4.51. The predicted molar refractivity (Wildman–Crippen MR) is 75.1 cm³/mol. The number of amides is 1. The van der Waals surface area contributed by atoms with Gasteiger partial charge in [0, 0.05) is 5.56 Å². The van der Waals surface area contributed by atoms with Crippen LogP contribution in [0.5, 0.6) is 0 Å². The molecule has 0 aliphatic rings. The van der Waals surface area contributed by atoms with Crippen molar-refractivity contribution >= 4 is 28.6 Å². The lowest BCUT2D eigenvalue weighted by Crippen LogP contribution is -2.39. The summed E-state index contributed by atoms with van der Waals surface area (Å²) in [4.78, 5) is 34.6. The molecule has 0 aromatic heterocycles. The first kappa shape index (κ1) is 14.5. The molecule has 0 heterocycles. The van der Waals surface area contributed by atoms with Gasteiger partial charge in [-0.15, -0.1) is 0 Å². The average Bonchev–Trinajstić information content (AvgIpc) is 2.44. The fraction of sp³-hybridized carbons (Fsp3) is 0.133. The third-order valence-corrected chi connectivity index (χ3v) is 2.94. The number of carboxylic acid groups (broad SMARTS) is 2. The van der Waals surface area contributed by atoms with Crippen molar-refractivity contribution in [2.24, 2.45) is 0 Å². The molecule has 2 rings (SSSR count). The van der Waals surface area contributed by atoms with Crippen molar-refractivity contribution in [3.8, 4) is 0 Å². The molecule has 0 radical (unpaired) electrons. The van der Waals surface area contributed by atoms with Gasteiger partial charge in [0.05, 0.1) is 0 Å². The number of rotatable bonds is 5. The Morgan fingerprint density at radius 1 is 0.857 bits per heavy atom. The molecule has 0 aliphatic heterocycles. The monoisotopic (exact) mass is 287 g/mol. The van der Waals surface area contributed by atoms with Gasteiger partial charge >= 0.3 is 11.9 Å². The molecule has 6 heteroatoms. The first-order valence-corrected chi connectivity index (χ1v) is 6.19. The second kappa shape index (κ2) is 6.04. The van der Waals surface area contributed by atoms with Crippen molar-refractivity contribution in [3.63, 3.8) is 0 Å². The van der Waals surface area contributed by atoms with E-state index in [4.69, 9.17) is 10.2 Å². The van der Waals surface area contributed by atoms with Gasteiger partial charge in [0.25, 0.3) is 5.91 Å². The highest BCUT2D eigenvalue weighted by Crippen LogP contribution is 2.16. The summed E-state index contributed by atoms with van der Waals surface area (Å²) in [5.41, 5.74) is 0.260. The Morgan fingerprint density at radius 3 is 2.00 bits per heavy atom. The third kappa shape index (κ3) is 3.56. The van der Waals surface area contributed by atoms with Crippen molar-refractivity contribution in [1.82, 2.24) is 4.90 Å². The topological polar surface area (TPSA) is 94.9 Å². The minimum atomic E-state index is -1.26. The Balaban J connectivity index is 2.32. The molecule has 6 nitrogen and oxygen atoms in total. The van der Waals surface area contributed by atoms with Crippen LogP contribution in [-0.4, -0.2) is 46.0 Å². The summed E-state index contributed by atoms with van der Waals surface area (Å²) in [6, 6.07) is 12.3.